The molecule has 0 aliphatic rings. The zero-order valence-corrected chi connectivity index (χ0v) is 13.8. The summed E-state index contributed by atoms with van der Waals surface area (Å²) < 4.78 is 5.44. The van der Waals surface area contributed by atoms with Gasteiger partial charge in [0.1, 0.15) is 0 Å². The molecule has 0 fully saturated rings. The summed E-state index contributed by atoms with van der Waals surface area (Å²) in [6.45, 7) is 7.13. The van der Waals surface area contributed by atoms with Crippen molar-refractivity contribution in [1.82, 2.24) is 0 Å². The first-order valence-electron chi connectivity index (χ1n) is 8.37. The van der Waals surface area contributed by atoms with Gasteiger partial charge in [-0.2, -0.15) is 0 Å². The average molecular weight is 290 g/mol. The molecule has 2 unspecified atom stereocenters. The van der Waals surface area contributed by atoms with Gasteiger partial charge >= 0.3 is 5.97 Å². The normalized spacial score (nSPS) is 13.7. The summed E-state index contributed by atoms with van der Waals surface area (Å²) in [4.78, 5) is 11.9. The highest BCUT2D eigenvalue weighted by molar-refractivity contribution is 5.69. The SMILES string of the molecule is CCCCC(CC)COC(=O)CCC(C)c1ccccc1. The fourth-order valence-electron chi connectivity index (χ4n) is 2.46. The van der Waals surface area contributed by atoms with E-state index in [9.17, 15) is 4.79 Å². The lowest BCUT2D eigenvalue weighted by Crippen LogP contribution is -2.14. The number of carbonyl (C=O) groups is 1. The first-order chi connectivity index (χ1) is 10.2. The second kappa shape index (κ2) is 10.4. The van der Waals surface area contributed by atoms with Gasteiger partial charge in [-0.1, -0.05) is 70.4 Å². The van der Waals surface area contributed by atoms with Gasteiger partial charge in [-0.3, -0.25) is 4.79 Å². The molecule has 0 heterocycles. The minimum absolute atomic E-state index is 0.0484. The number of rotatable bonds is 10. The minimum atomic E-state index is -0.0484. The molecule has 1 aromatic rings. The Morgan fingerprint density at radius 2 is 1.86 bits per heavy atom. The van der Waals surface area contributed by atoms with Crippen LogP contribution in [0, 0.1) is 5.92 Å². The zero-order chi connectivity index (χ0) is 15.5. The highest BCUT2D eigenvalue weighted by Crippen LogP contribution is 2.20. The van der Waals surface area contributed by atoms with Crippen LogP contribution in [0.3, 0.4) is 0 Å². The molecule has 0 saturated carbocycles. The summed E-state index contributed by atoms with van der Waals surface area (Å²) in [5, 5.41) is 0. The van der Waals surface area contributed by atoms with E-state index < -0.39 is 0 Å². The van der Waals surface area contributed by atoms with Crippen molar-refractivity contribution in [3.63, 3.8) is 0 Å². The molecule has 118 valence electrons. The lowest BCUT2D eigenvalue weighted by atomic mass is 9.96. The Labute approximate surface area is 129 Å². The van der Waals surface area contributed by atoms with Crippen LogP contribution in [0.15, 0.2) is 30.3 Å². The molecule has 2 atom stereocenters. The molecule has 0 amide bonds. The fourth-order valence-corrected chi connectivity index (χ4v) is 2.46. The molecule has 1 rings (SSSR count). The average Bonchev–Trinajstić information content (AvgIpc) is 2.53. The quantitative estimate of drug-likeness (QED) is 0.544. The Balaban J connectivity index is 2.24. The molecule has 0 bridgehead atoms. The Kier molecular flexibility index (Phi) is 8.80. The van der Waals surface area contributed by atoms with Crippen LogP contribution in [0.5, 0.6) is 0 Å². The third-order valence-corrected chi connectivity index (χ3v) is 4.17. The van der Waals surface area contributed by atoms with Crippen molar-refractivity contribution in [1.29, 1.82) is 0 Å². The Hall–Kier alpha value is -1.31. The van der Waals surface area contributed by atoms with Crippen LogP contribution in [0.1, 0.15) is 70.8 Å². The van der Waals surface area contributed by atoms with Gasteiger partial charge in [0.05, 0.1) is 6.61 Å². The van der Waals surface area contributed by atoms with Gasteiger partial charge in [0.15, 0.2) is 0 Å². The second-order valence-electron chi connectivity index (χ2n) is 5.95. The van der Waals surface area contributed by atoms with Crippen LogP contribution in [0.4, 0.5) is 0 Å². The van der Waals surface area contributed by atoms with Gasteiger partial charge in [-0.15, -0.1) is 0 Å². The summed E-state index contributed by atoms with van der Waals surface area (Å²) >= 11 is 0. The van der Waals surface area contributed by atoms with E-state index in [0.717, 1.165) is 12.8 Å². The lowest BCUT2D eigenvalue weighted by molar-refractivity contribution is -0.145. The molecule has 2 nitrogen and oxygen atoms in total. The first kappa shape index (κ1) is 17.7. The maximum Gasteiger partial charge on any atom is 0.305 e. The van der Waals surface area contributed by atoms with E-state index in [2.05, 4.69) is 32.9 Å². The number of ether oxygens (including phenoxy) is 1. The molecular formula is C19H30O2. The molecule has 0 aromatic heterocycles. The van der Waals surface area contributed by atoms with Crippen molar-refractivity contribution in [2.24, 2.45) is 5.92 Å². The molecule has 0 saturated heterocycles. The van der Waals surface area contributed by atoms with Crippen molar-refractivity contribution < 1.29 is 9.53 Å². The highest BCUT2D eigenvalue weighted by atomic mass is 16.5. The van der Waals surface area contributed by atoms with E-state index in [1.165, 1.54) is 24.8 Å². The maximum atomic E-state index is 11.9. The van der Waals surface area contributed by atoms with Crippen molar-refractivity contribution in [3.8, 4) is 0 Å². The van der Waals surface area contributed by atoms with E-state index in [-0.39, 0.29) is 5.97 Å². The number of hydrogen-bond donors (Lipinski definition) is 0. The number of hydrogen-bond acceptors (Lipinski definition) is 2. The standard InChI is InChI=1S/C19H30O2/c1-4-6-10-17(5-2)15-21-19(20)14-13-16(3)18-11-8-7-9-12-18/h7-9,11-12,16-17H,4-6,10,13-15H2,1-3H3. The predicted molar refractivity (Wildman–Crippen MR) is 88.4 cm³/mol. The largest absolute Gasteiger partial charge is 0.465 e. The number of carbonyl (C=O) groups excluding carboxylic acids is 1. The van der Waals surface area contributed by atoms with E-state index in [4.69, 9.17) is 4.74 Å². The molecule has 0 spiro atoms. The summed E-state index contributed by atoms with van der Waals surface area (Å²) in [6.07, 6.45) is 6.06. The fraction of sp³-hybridized carbons (Fsp3) is 0.632. The van der Waals surface area contributed by atoms with E-state index in [1.54, 1.807) is 0 Å². The summed E-state index contributed by atoms with van der Waals surface area (Å²) in [7, 11) is 0. The van der Waals surface area contributed by atoms with Crippen LogP contribution in [0.2, 0.25) is 0 Å². The third kappa shape index (κ3) is 7.31. The monoisotopic (exact) mass is 290 g/mol. The molecule has 21 heavy (non-hydrogen) atoms. The molecule has 2 heteroatoms. The smallest absolute Gasteiger partial charge is 0.305 e. The summed E-state index contributed by atoms with van der Waals surface area (Å²) in [5.74, 6) is 0.883. The lowest BCUT2D eigenvalue weighted by Gasteiger charge is -2.15. The van der Waals surface area contributed by atoms with E-state index >= 15 is 0 Å². The van der Waals surface area contributed by atoms with Gasteiger partial charge in [0, 0.05) is 6.42 Å². The molecule has 0 radical (unpaired) electrons. The van der Waals surface area contributed by atoms with Gasteiger partial charge < -0.3 is 4.74 Å². The minimum Gasteiger partial charge on any atom is -0.465 e. The first-order valence-corrected chi connectivity index (χ1v) is 8.37. The third-order valence-electron chi connectivity index (χ3n) is 4.17. The maximum absolute atomic E-state index is 11.9. The molecule has 0 aliphatic heterocycles. The van der Waals surface area contributed by atoms with Crippen LogP contribution < -0.4 is 0 Å². The molecular weight excluding hydrogens is 260 g/mol. The van der Waals surface area contributed by atoms with Crippen molar-refractivity contribution >= 4 is 5.97 Å². The molecule has 0 N–H and O–H groups in total. The predicted octanol–water partition coefficient (Wildman–Crippen LogP) is 5.33. The van der Waals surface area contributed by atoms with Crippen molar-refractivity contribution in [2.45, 2.75) is 65.2 Å². The number of esters is 1. The van der Waals surface area contributed by atoms with Crippen LogP contribution in [-0.2, 0) is 9.53 Å². The highest BCUT2D eigenvalue weighted by Gasteiger charge is 2.12. The zero-order valence-electron chi connectivity index (χ0n) is 13.8. The van der Waals surface area contributed by atoms with Crippen LogP contribution in [0.25, 0.3) is 0 Å². The van der Waals surface area contributed by atoms with E-state index in [0.29, 0.717) is 24.9 Å². The Bertz CT molecular complexity index is 386. The summed E-state index contributed by atoms with van der Waals surface area (Å²) in [5.41, 5.74) is 1.29. The topological polar surface area (TPSA) is 26.3 Å². The Morgan fingerprint density at radius 3 is 2.48 bits per heavy atom. The van der Waals surface area contributed by atoms with Gasteiger partial charge in [0.2, 0.25) is 0 Å². The number of benzene rings is 1. The molecule has 0 aliphatic carbocycles. The van der Waals surface area contributed by atoms with Crippen LogP contribution in [-0.4, -0.2) is 12.6 Å². The van der Waals surface area contributed by atoms with Crippen molar-refractivity contribution in [2.75, 3.05) is 6.61 Å². The van der Waals surface area contributed by atoms with Crippen molar-refractivity contribution in [3.05, 3.63) is 35.9 Å². The Morgan fingerprint density at radius 1 is 1.14 bits per heavy atom. The van der Waals surface area contributed by atoms with Gasteiger partial charge in [0.25, 0.3) is 0 Å². The second-order valence-corrected chi connectivity index (χ2v) is 5.95. The van der Waals surface area contributed by atoms with Gasteiger partial charge in [-0.25, -0.2) is 0 Å². The summed E-state index contributed by atoms with van der Waals surface area (Å²) in [6, 6.07) is 10.3. The van der Waals surface area contributed by atoms with E-state index in [1.807, 2.05) is 18.2 Å². The molecule has 1 aromatic carbocycles. The van der Waals surface area contributed by atoms with Crippen LogP contribution >= 0.6 is 0 Å². The number of unbranched alkanes of at least 4 members (excludes halogenated alkanes) is 1. The van der Waals surface area contributed by atoms with Gasteiger partial charge in [-0.05, 0) is 30.2 Å².